The molecule has 0 aliphatic heterocycles. The number of carbonyl (C=O) groups is 1. The first kappa shape index (κ1) is 27.8. The molecule has 0 saturated heterocycles. The summed E-state index contributed by atoms with van der Waals surface area (Å²) < 4.78 is 18.4. The van der Waals surface area contributed by atoms with Crippen LogP contribution < -0.4 is 16.2 Å². The average Bonchev–Trinajstić information content (AvgIpc) is 2.93. The zero-order valence-corrected chi connectivity index (χ0v) is 21.5. The fourth-order valence-electron chi connectivity index (χ4n) is 4.19. The van der Waals surface area contributed by atoms with Crippen LogP contribution in [0.25, 0.3) is 10.9 Å². The Morgan fingerprint density at radius 3 is 2.46 bits per heavy atom. The fraction of sp³-hybridized carbons (Fsp3) is 0.241. The van der Waals surface area contributed by atoms with Crippen LogP contribution in [0.1, 0.15) is 22.8 Å². The monoisotopic (exact) mass is 534 g/mol. The molecule has 0 aliphatic carbocycles. The van der Waals surface area contributed by atoms with E-state index in [1.165, 1.54) is 24.3 Å². The van der Waals surface area contributed by atoms with Gasteiger partial charge in [0.1, 0.15) is 11.6 Å². The number of fused-ring (bicyclic) bond motifs is 1. The Morgan fingerprint density at radius 1 is 1.03 bits per heavy atom. The third-order valence-corrected chi connectivity index (χ3v) is 6.28. The predicted molar refractivity (Wildman–Crippen MR) is 147 cm³/mol. The van der Waals surface area contributed by atoms with Crippen LogP contribution in [0.4, 0.5) is 14.9 Å². The Balaban J connectivity index is 1.32. The molecule has 2 amide bonds. The highest BCUT2D eigenvalue weighted by atomic mass is 19.1. The van der Waals surface area contributed by atoms with E-state index in [1.807, 2.05) is 12.1 Å². The summed E-state index contributed by atoms with van der Waals surface area (Å²) in [4.78, 5) is 28.7. The summed E-state index contributed by atoms with van der Waals surface area (Å²) in [5.74, 6) is -0.391. The normalized spacial score (nSPS) is 11.9. The third kappa shape index (κ3) is 7.41. The van der Waals surface area contributed by atoms with Crippen molar-refractivity contribution in [1.82, 2.24) is 15.2 Å². The average molecular weight is 535 g/mol. The number of carbonyl (C=O) groups excluding carboxylic acids is 1. The predicted octanol–water partition coefficient (Wildman–Crippen LogP) is 3.88. The number of ether oxygens (including phenoxy) is 1. The zero-order valence-electron chi connectivity index (χ0n) is 21.5. The standard InChI is InChI=1S/C29H31FN4O5/c1-39-15-14-34(18-20-2-6-21(30)7-3-20)29(38)32-22-8-4-19(5-9-22)16-31-17-26(36)23-10-12-25(35)28-24(23)11-13-27(37)33-28/h2-13,26,31,35-36H,14-18H2,1H3,(H,32,38)(H,33,37). The van der Waals surface area contributed by atoms with Crippen molar-refractivity contribution in [3.8, 4) is 5.75 Å². The lowest BCUT2D eigenvalue weighted by atomic mass is 10.0. The van der Waals surface area contributed by atoms with Gasteiger partial charge in [-0.2, -0.15) is 0 Å². The van der Waals surface area contributed by atoms with Crippen molar-refractivity contribution in [2.45, 2.75) is 19.2 Å². The first-order valence-corrected chi connectivity index (χ1v) is 12.5. The van der Waals surface area contributed by atoms with Gasteiger partial charge < -0.3 is 35.5 Å². The second-order valence-corrected chi connectivity index (χ2v) is 9.10. The number of aliphatic hydroxyl groups is 1. The Labute approximate surface area is 224 Å². The topological polar surface area (TPSA) is 127 Å². The van der Waals surface area contributed by atoms with E-state index in [1.54, 1.807) is 48.4 Å². The minimum absolute atomic E-state index is 0.0592. The van der Waals surface area contributed by atoms with Gasteiger partial charge in [0.05, 0.1) is 18.2 Å². The van der Waals surface area contributed by atoms with E-state index in [-0.39, 0.29) is 35.2 Å². The van der Waals surface area contributed by atoms with E-state index < -0.39 is 6.10 Å². The second kappa shape index (κ2) is 13.0. The van der Waals surface area contributed by atoms with E-state index in [9.17, 15) is 24.2 Å². The highest BCUT2D eigenvalue weighted by Gasteiger charge is 2.15. The Bertz CT molecular complexity index is 1460. The van der Waals surface area contributed by atoms with Gasteiger partial charge in [0.15, 0.2) is 0 Å². The highest BCUT2D eigenvalue weighted by molar-refractivity contribution is 5.89. The number of aromatic amines is 1. The number of aromatic nitrogens is 1. The third-order valence-electron chi connectivity index (χ3n) is 6.28. The molecule has 0 saturated carbocycles. The number of nitrogens with one attached hydrogen (secondary N) is 3. The van der Waals surface area contributed by atoms with Gasteiger partial charge in [-0.3, -0.25) is 4.79 Å². The number of nitrogens with zero attached hydrogens (tertiary/aromatic N) is 1. The van der Waals surface area contributed by atoms with Gasteiger partial charge >= 0.3 is 6.03 Å². The number of halogens is 1. The maximum Gasteiger partial charge on any atom is 0.322 e. The summed E-state index contributed by atoms with van der Waals surface area (Å²) in [5.41, 5.74) is 2.91. The Morgan fingerprint density at radius 2 is 1.74 bits per heavy atom. The molecule has 1 aromatic heterocycles. The van der Waals surface area contributed by atoms with Gasteiger partial charge in [0.2, 0.25) is 5.56 Å². The Hall–Kier alpha value is -4.25. The number of amides is 2. The highest BCUT2D eigenvalue weighted by Crippen LogP contribution is 2.28. The zero-order chi connectivity index (χ0) is 27.8. The molecule has 0 spiro atoms. The molecule has 0 fully saturated rings. The smallest absolute Gasteiger partial charge is 0.322 e. The molecule has 1 unspecified atom stereocenters. The number of rotatable bonds is 11. The molecule has 4 aromatic rings. The van der Waals surface area contributed by atoms with Crippen LogP contribution in [-0.2, 0) is 17.8 Å². The molecule has 4 rings (SSSR count). The number of methoxy groups -OCH3 is 1. The van der Waals surface area contributed by atoms with Gasteiger partial charge in [-0.05, 0) is 53.1 Å². The molecule has 10 heteroatoms. The molecule has 1 heterocycles. The summed E-state index contributed by atoms with van der Waals surface area (Å²) in [6, 6.07) is 19.1. The Kier molecular flexibility index (Phi) is 9.27. The first-order chi connectivity index (χ1) is 18.8. The summed E-state index contributed by atoms with van der Waals surface area (Å²) in [7, 11) is 1.56. The summed E-state index contributed by atoms with van der Waals surface area (Å²) >= 11 is 0. The lowest BCUT2D eigenvalue weighted by Gasteiger charge is -2.23. The van der Waals surface area contributed by atoms with Gasteiger partial charge in [-0.15, -0.1) is 0 Å². The molecule has 204 valence electrons. The number of phenols is 1. The van der Waals surface area contributed by atoms with Gasteiger partial charge in [0.25, 0.3) is 0 Å². The van der Waals surface area contributed by atoms with E-state index in [4.69, 9.17) is 4.74 Å². The van der Waals surface area contributed by atoms with E-state index in [0.717, 1.165) is 11.1 Å². The number of hydrogen-bond acceptors (Lipinski definition) is 6. The molecular formula is C29H31FN4O5. The number of benzene rings is 3. The van der Waals surface area contributed by atoms with Crippen LogP contribution in [-0.4, -0.2) is 52.9 Å². The summed E-state index contributed by atoms with van der Waals surface area (Å²) in [6.45, 7) is 1.77. The van der Waals surface area contributed by atoms with Crippen molar-refractivity contribution in [2.24, 2.45) is 0 Å². The quantitative estimate of drug-likeness (QED) is 0.199. The molecule has 0 radical (unpaired) electrons. The lowest BCUT2D eigenvalue weighted by Crippen LogP contribution is -2.36. The maximum absolute atomic E-state index is 13.2. The molecule has 9 nitrogen and oxygen atoms in total. The van der Waals surface area contributed by atoms with Crippen molar-refractivity contribution < 1.29 is 24.1 Å². The summed E-state index contributed by atoms with van der Waals surface area (Å²) in [6.07, 6.45) is -0.864. The van der Waals surface area contributed by atoms with Crippen LogP contribution in [0.2, 0.25) is 0 Å². The molecule has 0 bridgehead atoms. The molecule has 1 atom stereocenters. The minimum atomic E-state index is -0.864. The number of aliphatic hydroxyl groups excluding tert-OH is 1. The van der Waals surface area contributed by atoms with Crippen molar-refractivity contribution >= 4 is 22.6 Å². The molecule has 0 aliphatic rings. The van der Waals surface area contributed by atoms with Crippen LogP contribution in [0.15, 0.2) is 77.6 Å². The number of anilines is 1. The number of H-pyrrole nitrogens is 1. The minimum Gasteiger partial charge on any atom is -0.506 e. The van der Waals surface area contributed by atoms with Crippen molar-refractivity contribution in [3.63, 3.8) is 0 Å². The van der Waals surface area contributed by atoms with Crippen molar-refractivity contribution in [1.29, 1.82) is 0 Å². The number of urea groups is 1. The number of hydrogen-bond donors (Lipinski definition) is 5. The summed E-state index contributed by atoms with van der Waals surface area (Å²) in [5, 5.41) is 27.4. The number of pyridine rings is 1. The largest absolute Gasteiger partial charge is 0.506 e. The lowest BCUT2D eigenvalue weighted by molar-refractivity contribution is 0.153. The van der Waals surface area contributed by atoms with Gasteiger partial charge in [0, 0.05) is 50.4 Å². The maximum atomic E-state index is 13.2. The van der Waals surface area contributed by atoms with E-state index in [0.29, 0.717) is 42.9 Å². The van der Waals surface area contributed by atoms with Crippen LogP contribution in [0.5, 0.6) is 5.75 Å². The molecule has 3 aromatic carbocycles. The first-order valence-electron chi connectivity index (χ1n) is 12.5. The second-order valence-electron chi connectivity index (χ2n) is 9.10. The van der Waals surface area contributed by atoms with Crippen LogP contribution >= 0.6 is 0 Å². The van der Waals surface area contributed by atoms with Crippen LogP contribution in [0, 0.1) is 5.82 Å². The number of aromatic hydroxyl groups is 1. The van der Waals surface area contributed by atoms with E-state index in [2.05, 4.69) is 15.6 Å². The molecule has 39 heavy (non-hydrogen) atoms. The van der Waals surface area contributed by atoms with E-state index >= 15 is 0 Å². The molecule has 5 N–H and O–H groups in total. The van der Waals surface area contributed by atoms with Gasteiger partial charge in [-0.25, -0.2) is 9.18 Å². The van der Waals surface area contributed by atoms with Gasteiger partial charge in [-0.1, -0.05) is 30.3 Å². The number of phenolic OH excluding ortho intramolecular Hbond substituents is 1. The SMILES string of the molecule is COCCN(Cc1ccc(F)cc1)C(=O)Nc1ccc(CNCC(O)c2ccc(O)c3[nH]c(=O)ccc23)cc1. The molecular weight excluding hydrogens is 503 g/mol. The van der Waals surface area contributed by atoms with Crippen LogP contribution in [0.3, 0.4) is 0 Å². The van der Waals surface area contributed by atoms with Crippen molar-refractivity contribution in [2.75, 3.05) is 32.1 Å². The fourth-order valence-corrected chi connectivity index (χ4v) is 4.19. The van der Waals surface area contributed by atoms with Crippen molar-refractivity contribution in [3.05, 3.63) is 106 Å².